The number of carbonyl (C=O) groups is 1. The van der Waals surface area contributed by atoms with Crippen LogP contribution in [-0.2, 0) is 0 Å². The zero-order valence-electron chi connectivity index (χ0n) is 10.0. The minimum absolute atomic E-state index is 0. The zero-order valence-corrected chi connectivity index (χ0v) is 11.7. The van der Waals surface area contributed by atoms with E-state index in [0.29, 0.717) is 11.6 Å². The maximum absolute atomic E-state index is 11.8. The molecule has 0 atom stereocenters. The summed E-state index contributed by atoms with van der Waals surface area (Å²) >= 11 is 0. The smallest absolute Gasteiger partial charge is 0.251 e. The molecule has 0 bridgehead atoms. The van der Waals surface area contributed by atoms with E-state index in [0.717, 1.165) is 25.7 Å². The van der Waals surface area contributed by atoms with Crippen molar-refractivity contribution in [3.05, 3.63) is 30.1 Å². The molecule has 1 saturated carbocycles. The molecule has 1 heterocycles. The van der Waals surface area contributed by atoms with E-state index >= 15 is 0 Å². The van der Waals surface area contributed by atoms with Crippen molar-refractivity contribution in [3.8, 4) is 0 Å². The number of nitrogens with one attached hydrogen (secondary N) is 1. The van der Waals surface area contributed by atoms with E-state index in [1.165, 1.54) is 0 Å². The maximum atomic E-state index is 11.8. The van der Waals surface area contributed by atoms with Crippen LogP contribution in [0.4, 0.5) is 0 Å². The van der Waals surface area contributed by atoms with Crippen molar-refractivity contribution >= 4 is 30.7 Å². The van der Waals surface area contributed by atoms with E-state index in [1.807, 2.05) is 0 Å². The third-order valence-corrected chi connectivity index (χ3v) is 3.05. The number of hydrogen-bond acceptors (Lipinski definition) is 3. The fourth-order valence-electron chi connectivity index (χ4n) is 2.04. The average Bonchev–Trinajstić information content (AvgIpc) is 2.33. The Labute approximate surface area is 120 Å². The Hall–Kier alpha value is -0.840. The molecule has 1 aromatic heterocycles. The first-order valence-corrected chi connectivity index (χ1v) is 5.72. The lowest BCUT2D eigenvalue weighted by Gasteiger charge is -2.26. The summed E-state index contributed by atoms with van der Waals surface area (Å²) in [6, 6.07) is 4.04. The van der Waals surface area contributed by atoms with Crippen molar-refractivity contribution < 1.29 is 4.79 Å². The normalized spacial score (nSPS) is 22.3. The molecule has 1 fully saturated rings. The molecule has 0 aliphatic heterocycles. The van der Waals surface area contributed by atoms with Gasteiger partial charge in [0.05, 0.1) is 0 Å². The van der Waals surface area contributed by atoms with Crippen LogP contribution in [-0.4, -0.2) is 23.0 Å². The van der Waals surface area contributed by atoms with Gasteiger partial charge in [0.2, 0.25) is 0 Å². The van der Waals surface area contributed by atoms with Crippen LogP contribution < -0.4 is 11.1 Å². The van der Waals surface area contributed by atoms with Crippen LogP contribution in [0, 0.1) is 0 Å². The van der Waals surface area contributed by atoms with Crippen molar-refractivity contribution in [2.45, 2.75) is 37.8 Å². The summed E-state index contributed by atoms with van der Waals surface area (Å²) in [5.41, 5.74) is 6.49. The average molecular weight is 292 g/mol. The molecule has 1 aliphatic carbocycles. The number of halogens is 2. The molecule has 6 heteroatoms. The van der Waals surface area contributed by atoms with Crippen LogP contribution in [0.25, 0.3) is 0 Å². The van der Waals surface area contributed by atoms with Gasteiger partial charge in [0.15, 0.2) is 0 Å². The van der Waals surface area contributed by atoms with Gasteiger partial charge in [-0.2, -0.15) is 0 Å². The minimum atomic E-state index is -0.0112. The first kappa shape index (κ1) is 17.2. The Morgan fingerprint density at radius 3 is 2.28 bits per heavy atom. The summed E-state index contributed by atoms with van der Waals surface area (Å²) in [7, 11) is 0. The van der Waals surface area contributed by atoms with Crippen LogP contribution in [0.2, 0.25) is 0 Å². The second-order valence-electron chi connectivity index (χ2n) is 4.32. The topological polar surface area (TPSA) is 68.0 Å². The highest BCUT2D eigenvalue weighted by Gasteiger charge is 2.20. The van der Waals surface area contributed by atoms with Gasteiger partial charge in [0, 0.05) is 30.0 Å². The predicted octanol–water partition coefficient (Wildman–Crippen LogP) is 1.92. The molecule has 0 spiro atoms. The SMILES string of the molecule is Cl.Cl.NC1CCC(NC(=O)c2ccncc2)CC1. The summed E-state index contributed by atoms with van der Waals surface area (Å²) in [5, 5.41) is 3.03. The van der Waals surface area contributed by atoms with Gasteiger partial charge in [-0.25, -0.2) is 0 Å². The summed E-state index contributed by atoms with van der Waals surface area (Å²) < 4.78 is 0. The molecule has 1 aliphatic rings. The van der Waals surface area contributed by atoms with Crippen molar-refractivity contribution in [1.29, 1.82) is 0 Å². The number of aromatic nitrogens is 1. The molecule has 3 N–H and O–H groups in total. The summed E-state index contributed by atoms with van der Waals surface area (Å²) in [6.07, 6.45) is 7.23. The van der Waals surface area contributed by atoms with Crippen LogP contribution in [0.3, 0.4) is 0 Å². The van der Waals surface area contributed by atoms with Gasteiger partial charge in [-0.05, 0) is 37.8 Å². The Bertz CT molecular complexity index is 354. The lowest BCUT2D eigenvalue weighted by molar-refractivity contribution is 0.0926. The molecular formula is C12H19Cl2N3O. The van der Waals surface area contributed by atoms with Gasteiger partial charge in [-0.3, -0.25) is 9.78 Å². The van der Waals surface area contributed by atoms with E-state index < -0.39 is 0 Å². The Kier molecular flexibility index (Phi) is 7.91. The van der Waals surface area contributed by atoms with Crippen LogP contribution in [0.5, 0.6) is 0 Å². The second-order valence-corrected chi connectivity index (χ2v) is 4.32. The van der Waals surface area contributed by atoms with Gasteiger partial charge < -0.3 is 11.1 Å². The Morgan fingerprint density at radius 1 is 1.17 bits per heavy atom. The highest BCUT2D eigenvalue weighted by molar-refractivity contribution is 5.94. The van der Waals surface area contributed by atoms with Gasteiger partial charge in [-0.15, -0.1) is 24.8 Å². The largest absolute Gasteiger partial charge is 0.349 e. The summed E-state index contributed by atoms with van der Waals surface area (Å²) in [5.74, 6) is -0.0112. The van der Waals surface area contributed by atoms with Crippen LogP contribution in [0.15, 0.2) is 24.5 Å². The molecule has 0 saturated heterocycles. The quantitative estimate of drug-likeness (QED) is 0.875. The lowest BCUT2D eigenvalue weighted by atomic mass is 9.91. The second kappa shape index (κ2) is 8.29. The summed E-state index contributed by atoms with van der Waals surface area (Å²) in [6.45, 7) is 0. The number of nitrogens with zero attached hydrogens (tertiary/aromatic N) is 1. The standard InChI is InChI=1S/C12H17N3O.2ClH/c13-10-1-3-11(4-2-10)15-12(16)9-5-7-14-8-6-9;;/h5-8,10-11H,1-4,13H2,(H,15,16);2*1H. The number of rotatable bonds is 2. The zero-order chi connectivity index (χ0) is 11.4. The maximum Gasteiger partial charge on any atom is 0.251 e. The van der Waals surface area contributed by atoms with Crippen molar-refractivity contribution in [1.82, 2.24) is 10.3 Å². The lowest BCUT2D eigenvalue weighted by Crippen LogP contribution is -2.40. The van der Waals surface area contributed by atoms with Crippen LogP contribution >= 0.6 is 24.8 Å². The first-order valence-electron chi connectivity index (χ1n) is 5.72. The summed E-state index contributed by atoms with van der Waals surface area (Å²) in [4.78, 5) is 15.7. The molecule has 1 amide bonds. The van der Waals surface area contributed by atoms with Crippen molar-refractivity contribution in [2.75, 3.05) is 0 Å². The number of nitrogens with two attached hydrogens (primary N) is 1. The van der Waals surface area contributed by atoms with Gasteiger partial charge in [-0.1, -0.05) is 0 Å². The van der Waals surface area contributed by atoms with Crippen LogP contribution in [0.1, 0.15) is 36.0 Å². The van der Waals surface area contributed by atoms with E-state index in [-0.39, 0.29) is 36.8 Å². The molecule has 1 aromatic rings. The molecule has 18 heavy (non-hydrogen) atoms. The van der Waals surface area contributed by atoms with Gasteiger partial charge >= 0.3 is 0 Å². The predicted molar refractivity (Wildman–Crippen MR) is 76.4 cm³/mol. The number of amides is 1. The highest BCUT2D eigenvalue weighted by Crippen LogP contribution is 2.17. The van der Waals surface area contributed by atoms with E-state index in [2.05, 4.69) is 10.3 Å². The molecular weight excluding hydrogens is 273 g/mol. The van der Waals surface area contributed by atoms with E-state index in [1.54, 1.807) is 24.5 Å². The molecule has 0 radical (unpaired) electrons. The highest BCUT2D eigenvalue weighted by atomic mass is 35.5. The van der Waals surface area contributed by atoms with Crippen molar-refractivity contribution in [3.63, 3.8) is 0 Å². The van der Waals surface area contributed by atoms with Crippen molar-refractivity contribution in [2.24, 2.45) is 5.73 Å². The number of carbonyl (C=O) groups excluding carboxylic acids is 1. The van der Waals surface area contributed by atoms with Gasteiger partial charge in [0.1, 0.15) is 0 Å². The number of hydrogen-bond donors (Lipinski definition) is 2. The van der Waals surface area contributed by atoms with Gasteiger partial charge in [0.25, 0.3) is 5.91 Å². The third kappa shape index (κ3) is 4.80. The molecule has 102 valence electrons. The Balaban J connectivity index is 0.00000144. The fourth-order valence-corrected chi connectivity index (χ4v) is 2.04. The minimum Gasteiger partial charge on any atom is -0.349 e. The fraction of sp³-hybridized carbons (Fsp3) is 0.500. The molecule has 2 rings (SSSR count). The monoisotopic (exact) mass is 291 g/mol. The third-order valence-electron chi connectivity index (χ3n) is 3.05. The molecule has 0 aromatic carbocycles. The Morgan fingerprint density at radius 2 is 1.72 bits per heavy atom. The number of pyridine rings is 1. The van der Waals surface area contributed by atoms with E-state index in [4.69, 9.17) is 5.73 Å². The molecule has 4 nitrogen and oxygen atoms in total. The van der Waals surface area contributed by atoms with E-state index in [9.17, 15) is 4.79 Å². The molecule has 0 unspecified atom stereocenters. The first-order chi connectivity index (χ1) is 7.75.